The lowest BCUT2D eigenvalue weighted by Crippen LogP contribution is -2.27. The number of ether oxygens (including phenoxy) is 1. The van der Waals surface area contributed by atoms with Crippen LogP contribution in [0, 0.1) is 11.6 Å². The molecule has 0 aliphatic rings. The standard InChI is InChI=1S/C30H29F2N5O3/c1-18(15-33-29-22-10-7-11-23(30(39)36(2)3)28(22)34-17-35-29)19-8-6-9-20(12-19)37(4)16-26(38)27-24(31)13-21(40-5)14-25(27)32/h6-14,17-18H,2,15-16H2,1,3-5H3/p+1. The van der Waals surface area contributed by atoms with Crippen molar-refractivity contribution in [2.75, 3.05) is 44.5 Å². The number of benzene rings is 3. The Morgan fingerprint density at radius 2 is 1.80 bits per heavy atom. The van der Waals surface area contributed by atoms with E-state index < -0.39 is 23.0 Å². The zero-order valence-electron chi connectivity index (χ0n) is 22.7. The molecule has 0 bridgehead atoms. The summed E-state index contributed by atoms with van der Waals surface area (Å²) in [7, 11) is 4.57. The van der Waals surface area contributed by atoms with E-state index in [0.29, 0.717) is 28.8 Å². The van der Waals surface area contributed by atoms with E-state index in [9.17, 15) is 18.4 Å². The Bertz CT molecular complexity index is 1580. The zero-order chi connectivity index (χ0) is 29.0. The summed E-state index contributed by atoms with van der Waals surface area (Å²) in [6.45, 7) is 6.01. The number of nitrogens with zero attached hydrogens (tertiary/aromatic N) is 4. The molecule has 1 atom stereocenters. The first-order chi connectivity index (χ1) is 19.1. The van der Waals surface area contributed by atoms with Gasteiger partial charge in [0.2, 0.25) is 0 Å². The van der Waals surface area contributed by atoms with Crippen molar-refractivity contribution in [2.24, 2.45) is 0 Å². The van der Waals surface area contributed by atoms with Gasteiger partial charge in [0, 0.05) is 36.8 Å². The van der Waals surface area contributed by atoms with Crippen LogP contribution in [0.15, 0.2) is 60.9 Å². The van der Waals surface area contributed by atoms with Crippen molar-refractivity contribution in [3.63, 3.8) is 0 Å². The maximum absolute atomic E-state index is 14.4. The van der Waals surface area contributed by atoms with Gasteiger partial charge in [0.15, 0.2) is 5.78 Å². The molecule has 1 unspecified atom stereocenters. The van der Waals surface area contributed by atoms with Crippen LogP contribution in [0.25, 0.3) is 10.9 Å². The van der Waals surface area contributed by atoms with Gasteiger partial charge in [-0.05, 0) is 35.7 Å². The number of para-hydroxylation sites is 1. The topological polar surface area (TPSA) is 87.4 Å². The number of methoxy groups -OCH3 is 1. The van der Waals surface area contributed by atoms with Gasteiger partial charge < -0.3 is 15.0 Å². The number of likely N-dealkylation sites (N-methyl/N-ethyl adjacent to an activating group) is 1. The maximum atomic E-state index is 14.4. The van der Waals surface area contributed by atoms with Gasteiger partial charge >= 0.3 is 5.91 Å². The lowest BCUT2D eigenvalue weighted by molar-refractivity contribution is -0.384. The first-order valence-electron chi connectivity index (χ1n) is 12.5. The van der Waals surface area contributed by atoms with Crippen molar-refractivity contribution >= 4 is 40.8 Å². The lowest BCUT2D eigenvalue weighted by Gasteiger charge is -2.21. The largest absolute Gasteiger partial charge is 0.497 e. The molecule has 0 fully saturated rings. The van der Waals surface area contributed by atoms with Crippen LogP contribution in [0.1, 0.15) is 39.1 Å². The lowest BCUT2D eigenvalue weighted by atomic mass is 10.00. The molecule has 0 aliphatic carbocycles. The van der Waals surface area contributed by atoms with Crippen molar-refractivity contribution in [2.45, 2.75) is 12.8 Å². The summed E-state index contributed by atoms with van der Waals surface area (Å²) in [5.41, 5.74) is 2.09. The van der Waals surface area contributed by atoms with E-state index in [1.54, 1.807) is 31.1 Å². The summed E-state index contributed by atoms with van der Waals surface area (Å²) in [5, 5.41) is 4.07. The number of fused-ring (bicyclic) bond motifs is 1. The molecule has 1 amide bonds. The van der Waals surface area contributed by atoms with Crippen molar-refractivity contribution < 1.29 is 27.7 Å². The number of Topliss-reactive ketones (excluding diaryl/α,β-unsaturated/α-hetero) is 1. The molecule has 1 aromatic heterocycles. The van der Waals surface area contributed by atoms with Gasteiger partial charge in [0.05, 0.1) is 24.7 Å². The molecule has 0 aliphatic heterocycles. The Morgan fingerprint density at radius 1 is 1.10 bits per heavy atom. The molecule has 1 heterocycles. The molecule has 206 valence electrons. The van der Waals surface area contributed by atoms with Gasteiger partial charge in [0.25, 0.3) is 0 Å². The molecule has 4 rings (SSSR count). The van der Waals surface area contributed by atoms with Gasteiger partial charge in [-0.3, -0.25) is 4.79 Å². The number of hydrogen-bond acceptors (Lipinski definition) is 7. The first-order valence-corrected chi connectivity index (χ1v) is 12.5. The van der Waals surface area contributed by atoms with Crippen LogP contribution in [0.5, 0.6) is 5.75 Å². The number of carbonyl (C=O) groups excluding carboxylic acids is 2. The fraction of sp³-hybridized carbons (Fsp3) is 0.233. The number of hydrogen-bond donors (Lipinski definition) is 1. The Kier molecular flexibility index (Phi) is 8.47. The van der Waals surface area contributed by atoms with E-state index in [1.807, 2.05) is 37.3 Å². The van der Waals surface area contributed by atoms with Gasteiger partial charge in [-0.25, -0.2) is 23.5 Å². The van der Waals surface area contributed by atoms with Crippen LogP contribution in [0.3, 0.4) is 0 Å². The summed E-state index contributed by atoms with van der Waals surface area (Å²) in [6, 6.07) is 14.9. The predicted molar refractivity (Wildman–Crippen MR) is 151 cm³/mol. The van der Waals surface area contributed by atoms with E-state index in [1.165, 1.54) is 18.0 Å². The summed E-state index contributed by atoms with van der Waals surface area (Å²) < 4.78 is 34.9. The number of halogens is 2. The van der Waals surface area contributed by atoms with Crippen LogP contribution in [-0.2, 0) is 0 Å². The summed E-state index contributed by atoms with van der Waals surface area (Å²) in [5.74, 6) is -2.22. The van der Waals surface area contributed by atoms with E-state index >= 15 is 0 Å². The third kappa shape index (κ3) is 5.96. The van der Waals surface area contributed by atoms with Gasteiger partial charge in [-0.1, -0.05) is 25.1 Å². The molecular formula is C30H30F2N5O3+. The van der Waals surface area contributed by atoms with Gasteiger partial charge in [0.1, 0.15) is 48.9 Å². The summed E-state index contributed by atoms with van der Waals surface area (Å²) in [4.78, 5) is 35.6. The highest BCUT2D eigenvalue weighted by atomic mass is 19.1. The highest BCUT2D eigenvalue weighted by Gasteiger charge is 2.22. The van der Waals surface area contributed by atoms with Crippen LogP contribution in [0.4, 0.5) is 20.3 Å². The minimum atomic E-state index is -0.962. The molecule has 4 aromatic rings. The third-order valence-corrected chi connectivity index (χ3v) is 6.61. The normalized spacial score (nSPS) is 11.7. The number of carbonyl (C=O) groups is 2. The van der Waals surface area contributed by atoms with Crippen LogP contribution >= 0.6 is 0 Å². The number of ketones is 1. The van der Waals surface area contributed by atoms with Crippen molar-refractivity contribution in [1.29, 1.82) is 0 Å². The number of amides is 1. The second-order valence-corrected chi connectivity index (χ2v) is 9.55. The average Bonchev–Trinajstić information content (AvgIpc) is 2.94. The highest BCUT2D eigenvalue weighted by molar-refractivity contribution is 6.04. The number of aromatic nitrogens is 2. The van der Waals surface area contributed by atoms with Crippen LogP contribution < -0.4 is 15.0 Å². The van der Waals surface area contributed by atoms with E-state index in [-0.39, 0.29) is 24.1 Å². The zero-order valence-corrected chi connectivity index (χ0v) is 22.7. The Balaban J connectivity index is 1.48. The van der Waals surface area contributed by atoms with Crippen LogP contribution in [0.2, 0.25) is 0 Å². The molecule has 8 nitrogen and oxygen atoms in total. The maximum Gasteiger partial charge on any atom is 0.420 e. The van der Waals surface area contributed by atoms with Gasteiger partial charge in [-0.15, -0.1) is 0 Å². The molecular weight excluding hydrogens is 516 g/mol. The smallest absolute Gasteiger partial charge is 0.420 e. The fourth-order valence-corrected chi connectivity index (χ4v) is 4.36. The third-order valence-electron chi connectivity index (χ3n) is 6.61. The van der Waals surface area contributed by atoms with Crippen molar-refractivity contribution in [3.8, 4) is 5.75 Å². The number of anilines is 2. The van der Waals surface area contributed by atoms with Crippen molar-refractivity contribution in [1.82, 2.24) is 9.97 Å². The monoisotopic (exact) mass is 546 g/mol. The molecule has 40 heavy (non-hydrogen) atoms. The molecule has 3 aromatic carbocycles. The molecule has 0 radical (unpaired) electrons. The molecule has 0 saturated carbocycles. The Morgan fingerprint density at radius 3 is 2.48 bits per heavy atom. The SMILES string of the molecule is C=[N+](C)C(=O)c1cccc2c(NCC(C)c3cccc(N(C)CC(=O)c4c(F)cc(OC)cc4F)c3)ncnc12. The minimum Gasteiger partial charge on any atom is -0.497 e. The second kappa shape index (κ2) is 12.0. The van der Waals surface area contributed by atoms with Crippen LogP contribution in [-0.4, -0.2) is 67.2 Å². The van der Waals surface area contributed by atoms with E-state index in [0.717, 1.165) is 23.4 Å². The summed E-state index contributed by atoms with van der Waals surface area (Å²) >= 11 is 0. The van der Waals surface area contributed by atoms with E-state index in [2.05, 4.69) is 22.0 Å². The predicted octanol–water partition coefficient (Wildman–Crippen LogP) is 4.93. The molecule has 0 spiro atoms. The Labute approximate surface area is 230 Å². The quantitative estimate of drug-likeness (QED) is 0.171. The van der Waals surface area contributed by atoms with E-state index in [4.69, 9.17) is 4.74 Å². The second-order valence-electron chi connectivity index (χ2n) is 9.55. The minimum absolute atomic E-state index is 0.00459. The number of nitrogens with one attached hydrogen (secondary N) is 1. The average molecular weight is 547 g/mol. The molecule has 1 N–H and O–H groups in total. The highest BCUT2D eigenvalue weighted by Crippen LogP contribution is 2.26. The first kappa shape index (κ1) is 28.3. The Hall–Kier alpha value is -4.73. The number of rotatable bonds is 10. The van der Waals surface area contributed by atoms with Gasteiger partial charge in [-0.2, -0.15) is 4.58 Å². The summed E-state index contributed by atoms with van der Waals surface area (Å²) in [6.07, 6.45) is 1.41. The van der Waals surface area contributed by atoms with Crippen molar-refractivity contribution in [3.05, 3.63) is 89.2 Å². The molecule has 10 heteroatoms. The molecule has 0 saturated heterocycles. The fourth-order valence-electron chi connectivity index (χ4n) is 4.36.